The Balaban J connectivity index is 2.10. The number of thiophene rings is 1. The fraction of sp³-hybridized carbons (Fsp3) is 0.615. The van der Waals surface area contributed by atoms with Crippen molar-refractivity contribution in [2.24, 2.45) is 5.92 Å². The van der Waals surface area contributed by atoms with E-state index < -0.39 is 0 Å². The van der Waals surface area contributed by atoms with Gasteiger partial charge in [-0.25, -0.2) is 0 Å². The van der Waals surface area contributed by atoms with Gasteiger partial charge in [-0.05, 0) is 30.9 Å². The Morgan fingerprint density at radius 2 is 2.12 bits per heavy atom. The maximum absolute atomic E-state index is 10.7. The quantitative estimate of drug-likeness (QED) is 0.749. The molecule has 2 nitrogen and oxygen atoms in total. The highest BCUT2D eigenvalue weighted by molar-refractivity contribution is 7.17. The molecular formula is C13H19NOS. The third-order valence-electron chi connectivity index (χ3n) is 3.64. The van der Waals surface area contributed by atoms with E-state index >= 15 is 0 Å². The third kappa shape index (κ3) is 2.29. The number of carbonyl (C=O) groups excluding carboxylic acids is 1. The van der Waals surface area contributed by atoms with Gasteiger partial charge in [-0.2, -0.15) is 0 Å². The Morgan fingerprint density at radius 1 is 1.38 bits per heavy atom. The summed E-state index contributed by atoms with van der Waals surface area (Å²) in [5.41, 5.74) is 0. The fourth-order valence-electron chi connectivity index (χ4n) is 2.63. The lowest BCUT2D eigenvalue weighted by molar-refractivity contribution is 0.112. The summed E-state index contributed by atoms with van der Waals surface area (Å²) in [6, 6.07) is 4.62. The molecule has 2 unspecified atom stereocenters. The van der Waals surface area contributed by atoms with Gasteiger partial charge in [0.1, 0.15) is 0 Å². The maximum atomic E-state index is 10.7. The van der Waals surface area contributed by atoms with Crippen LogP contribution >= 0.6 is 11.3 Å². The molecule has 1 aromatic rings. The van der Waals surface area contributed by atoms with Gasteiger partial charge in [0.05, 0.1) is 9.88 Å². The molecule has 0 spiro atoms. The van der Waals surface area contributed by atoms with Crippen LogP contribution in [0.5, 0.6) is 0 Å². The lowest BCUT2D eigenvalue weighted by atomic mass is 9.85. The third-order valence-corrected chi connectivity index (χ3v) is 4.74. The van der Waals surface area contributed by atoms with Crippen molar-refractivity contribution < 1.29 is 4.79 Å². The van der Waals surface area contributed by atoms with Crippen molar-refractivity contribution in [1.82, 2.24) is 0 Å². The van der Waals surface area contributed by atoms with Gasteiger partial charge in [0.2, 0.25) is 0 Å². The van der Waals surface area contributed by atoms with Crippen molar-refractivity contribution in [2.75, 3.05) is 11.9 Å². The first-order chi connectivity index (χ1) is 7.72. The molecule has 1 aromatic heterocycles. The number of aldehydes is 1. The van der Waals surface area contributed by atoms with E-state index in [9.17, 15) is 4.79 Å². The van der Waals surface area contributed by atoms with Gasteiger partial charge in [-0.3, -0.25) is 4.79 Å². The van der Waals surface area contributed by atoms with Crippen molar-refractivity contribution in [3.8, 4) is 0 Å². The Hall–Kier alpha value is -0.830. The van der Waals surface area contributed by atoms with Crippen LogP contribution in [0, 0.1) is 5.92 Å². The van der Waals surface area contributed by atoms with E-state index in [1.807, 2.05) is 6.07 Å². The van der Waals surface area contributed by atoms with Gasteiger partial charge in [-0.15, -0.1) is 11.3 Å². The van der Waals surface area contributed by atoms with Gasteiger partial charge in [0.25, 0.3) is 0 Å². The van der Waals surface area contributed by atoms with E-state index in [2.05, 4.69) is 24.9 Å². The summed E-state index contributed by atoms with van der Waals surface area (Å²) in [6.45, 7) is 2.34. The Bertz CT molecular complexity index is 361. The van der Waals surface area contributed by atoms with Crippen LogP contribution in [0.15, 0.2) is 12.1 Å². The second-order valence-corrected chi connectivity index (χ2v) is 5.83. The molecule has 0 aromatic carbocycles. The first-order valence-electron chi connectivity index (χ1n) is 6.00. The highest BCUT2D eigenvalue weighted by Crippen LogP contribution is 2.33. The van der Waals surface area contributed by atoms with Crippen molar-refractivity contribution in [3.63, 3.8) is 0 Å². The van der Waals surface area contributed by atoms with Crippen molar-refractivity contribution >= 4 is 22.6 Å². The van der Waals surface area contributed by atoms with Crippen LogP contribution < -0.4 is 4.90 Å². The molecular weight excluding hydrogens is 218 g/mol. The summed E-state index contributed by atoms with van der Waals surface area (Å²) in [7, 11) is 2.16. The van der Waals surface area contributed by atoms with Crippen molar-refractivity contribution in [3.05, 3.63) is 17.0 Å². The van der Waals surface area contributed by atoms with Gasteiger partial charge >= 0.3 is 0 Å². The smallest absolute Gasteiger partial charge is 0.160 e. The molecule has 0 radical (unpaired) electrons. The van der Waals surface area contributed by atoms with Crippen LogP contribution in [-0.2, 0) is 0 Å². The van der Waals surface area contributed by atoms with Crippen LogP contribution in [0.3, 0.4) is 0 Å². The number of rotatable bonds is 3. The number of anilines is 1. The van der Waals surface area contributed by atoms with Crippen LogP contribution in [-0.4, -0.2) is 19.4 Å². The molecule has 0 N–H and O–H groups in total. The van der Waals surface area contributed by atoms with Crippen LogP contribution in [0.4, 0.5) is 5.00 Å². The predicted molar refractivity (Wildman–Crippen MR) is 69.5 cm³/mol. The minimum atomic E-state index is 0.645. The second kappa shape index (κ2) is 5.00. The summed E-state index contributed by atoms with van der Waals surface area (Å²) in [4.78, 5) is 13.9. The summed E-state index contributed by atoms with van der Waals surface area (Å²) < 4.78 is 0. The van der Waals surface area contributed by atoms with E-state index in [1.165, 1.54) is 30.7 Å². The van der Waals surface area contributed by atoms with E-state index in [-0.39, 0.29) is 0 Å². The molecule has 88 valence electrons. The molecule has 0 saturated heterocycles. The predicted octanol–water partition coefficient (Wildman–Crippen LogP) is 3.58. The molecule has 2 rings (SSSR count). The van der Waals surface area contributed by atoms with E-state index in [0.717, 1.165) is 17.1 Å². The first kappa shape index (κ1) is 11.6. The summed E-state index contributed by atoms with van der Waals surface area (Å²) in [6.07, 6.45) is 6.26. The average molecular weight is 237 g/mol. The zero-order valence-corrected chi connectivity index (χ0v) is 10.8. The minimum Gasteiger partial charge on any atom is -0.363 e. The zero-order chi connectivity index (χ0) is 11.5. The fourth-order valence-corrected chi connectivity index (χ4v) is 3.47. The van der Waals surface area contributed by atoms with Crippen molar-refractivity contribution in [1.29, 1.82) is 0 Å². The zero-order valence-electron chi connectivity index (χ0n) is 9.98. The Labute approximate surface area is 101 Å². The number of hydrogen-bond acceptors (Lipinski definition) is 3. The largest absolute Gasteiger partial charge is 0.363 e. The number of carbonyl (C=O) groups is 1. The molecule has 3 heteroatoms. The van der Waals surface area contributed by atoms with Crippen LogP contribution in [0.2, 0.25) is 0 Å². The van der Waals surface area contributed by atoms with Crippen LogP contribution in [0.1, 0.15) is 42.3 Å². The molecule has 1 saturated carbocycles. The molecule has 0 bridgehead atoms. The molecule has 1 heterocycles. The Kier molecular flexibility index (Phi) is 3.64. The van der Waals surface area contributed by atoms with Gasteiger partial charge in [0, 0.05) is 13.1 Å². The second-order valence-electron chi connectivity index (χ2n) is 4.73. The molecule has 1 fully saturated rings. The van der Waals surface area contributed by atoms with Crippen molar-refractivity contribution in [2.45, 2.75) is 38.6 Å². The number of hydrogen-bond donors (Lipinski definition) is 0. The van der Waals surface area contributed by atoms with Gasteiger partial charge in [0.15, 0.2) is 6.29 Å². The summed E-state index contributed by atoms with van der Waals surface area (Å²) in [5, 5.41) is 1.22. The SMILES string of the molecule is CC1CCCCC1N(C)c1ccc(C=O)s1. The highest BCUT2D eigenvalue weighted by Gasteiger charge is 2.25. The highest BCUT2D eigenvalue weighted by atomic mass is 32.1. The molecule has 16 heavy (non-hydrogen) atoms. The van der Waals surface area contributed by atoms with E-state index in [4.69, 9.17) is 0 Å². The van der Waals surface area contributed by atoms with Crippen LogP contribution in [0.25, 0.3) is 0 Å². The van der Waals surface area contributed by atoms with E-state index in [0.29, 0.717) is 6.04 Å². The first-order valence-corrected chi connectivity index (χ1v) is 6.82. The van der Waals surface area contributed by atoms with E-state index in [1.54, 1.807) is 11.3 Å². The monoisotopic (exact) mass is 237 g/mol. The molecule has 2 atom stereocenters. The van der Waals surface area contributed by atoms with Gasteiger partial charge < -0.3 is 4.90 Å². The molecule has 0 aliphatic heterocycles. The lowest BCUT2D eigenvalue weighted by Gasteiger charge is -2.36. The summed E-state index contributed by atoms with van der Waals surface area (Å²) >= 11 is 1.59. The summed E-state index contributed by atoms with van der Waals surface area (Å²) in [5.74, 6) is 0.764. The van der Waals surface area contributed by atoms with Gasteiger partial charge in [-0.1, -0.05) is 19.8 Å². The lowest BCUT2D eigenvalue weighted by Crippen LogP contribution is -2.38. The average Bonchev–Trinajstić information content (AvgIpc) is 2.77. The topological polar surface area (TPSA) is 20.3 Å². The standard InChI is InChI=1S/C13H19NOS/c1-10-5-3-4-6-12(10)14(2)13-8-7-11(9-15)16-13/h7-10,12H,3-6H2,1-2H3. The minimum absolute atomic E-state index is 0.645. The molecule has 1 aliphatic carbocycles. The maximum Gasteiger partial charge on any atom is 0.160 e. The molecule has 0 amide bonds. The normalized spacial score (nSPS) is 25.4. The Morgan fingerprint density at radius 3 is 2.75 bits per heavy atom. The molecule has 1 aliphatic rings. The number of nitrogens with zero attached hydrogens (tertiary/aromatic N) is 1.